The second-order valence-electron chi connectivity index (χ2n) is 2.76. The maximum absolute atomic E-state index is 11.3. The fraction of sp³-hybridized carbons (Fsp3) is 0.375. The van der Waals surface area contributed by atoms with Gasteiger partial charge >= 0.3 is 0 Å². The van der Waals surface area contributed by atoms with Crippen LogP contribution in [-0.2, 0) is 0 Å². The van der Waals surface area contributed by atoms with E-state index in [1.807, 2.05) is 11.4 Å². The van der Waals surface area contributed by atoms with Gasteiger partial charge in [0.25, 0.3) is 0 Å². The molecular weight excluding hydrogens is 158 g/mol. The predicted octanol–water partition coefficient (Wildman–Crippen LogP) is 1.38. The van der Waals surface area contributed by atoms with Gasteiger partial charge in [-0.25, -0.2) is 0 Å². The molecule has 58 valence electrons. The highest BCUT2D eigenvalue weighted by atomic mass is 32.1. The molecule has 0 amide bonds. The van der Waals surface area contributed by atoms with Crippen molar-refractivity contribution in [3.05, 3.63) is 21.9 Å². The summed E-state index contributed by atoms with van der Waals surface area (Å²) >= 11 is 1.53. The lowest BCUT2D eigenvalue weighted by molar-refractivity contribution is 0.0992. The molecule has 0 aromatic carbocycles. The van der Waals surface area contributed by atoms with Crippen LogP contribution in [0.2, 0.25) is 0 Å². The topological polar surface area (TPSA) is 43.1 Å². The van der Waals surface area contributed by atoms with E-state index in [1.165, 1.54) is 16.9 Å². The van der Waals surface area contributed by atoms with Gasteiger partial charge < -0.3 is 5.73 Å². The van der Waals surface area contributed by atoms with Crippen molar-refractivity contribution in [1.82, 2.24) is 0 Å². The molecule has 1 aromatic rings. The van der Waals surface area contributed by atoms with Crippen LogP contribution in [0.3, 0.4) is 0 Å². The Bertz CT molecular complexity index is 292. The van der Waals surface area contributed by atoms with Gasteiger partial charge in [0.2, 0.25) is 0 Å². The molecule has 2 rings (SSSR count). The summed E-state index contributed by atoms with van der Waals surface area (Å²) in [5, 5.41) is 1.96. The van der Waals surface area contributed by atoms with Crippen molar-refractivity contribution in [2.45, 2.75) is 12.3 Å². The number of fused-ring (bicyclic) bond motifs is 1. The van der Waals surface area contributed by atoms with Crippen LogP contribution < -0.4 is 5.73 Å². The van der Waals surface area contributed by atoms with E-state index in [-0.39, 0.29) is 5.78 Å². The van der Waals surface area contributed by atoms with Crippen LogP contribution in [0.1, 0.15) is 27.6 Å². The van der Waals surface area contributed by atoms with Gasteiger partial charge in [0.05, 0.1) is 4.88 Å². The number of ketones is 1. The molecule has 1 unspecified atom stereocenters. The Hall–Kier alpha value is -0.670. The van der Waals surface area contributed by atoms with Crippen molar-refractivity contribution in [2.24, 2.45) is 5.73 Å². The van der Waals surface area contributed by atoms with E-state index < -0.39 is 0 Å². The predicted molar refractivity (Wildman–Crippen MR) is 45.1 cm³/mol. The summed E-state index contributed by atoms with van der Waals surface area (Å²) in [5.41, 5.74) is 6.69. The summed E-state index contributed by atoms with van der Waals surface area (Å²) in [6.07, 6.45) is 0.624. The normalized spacial score (nSPS) is 22.3. The highest BCUT2D eigenvalue weighted by Crippen LogP contribution is 2.35. The van der Waals surface area contributed by atoms with Gasteiger partial charge in [-0.3, -0.25) is 4.79 Å². The molecule has 0 spiro atoms. The van der Waals surface area contributed by atoms with Crippen LogP contribution in [0.4, 0.5) is 0 Å². The van der Waals surface area contributed by atoms with Crippen molar-refractivity contribution in [3.8, 4) is 0 Å². The van der Waals surface area contributed by atoms with Crippen molar-refractivity contribution in [3.63, 3.8) is 0 Å². The van der Waals surface area contributed by atoms with Crippen LogP contribution >= 0.6 is 11.3 Å². The third kappa shape index (κ3) is 0.921. The fourth-order valence-corrected chi connectivity index (χ4v) is 2.44. The monoisotopic (exact) mass is 167 g/mol. The molecule has 1 heterocycles. The van der Waals surface area contributed by atoms with E-state index in [9.17, 15) is 4.79 Å². The molecule has 1 aromatic heterocycles. The standard InChI is InChI=1S/C8H9NOS/c9-4-5-3-7(10)8-6(5)1-2-11-8/h1-2,5H,3-4,9H2. The number of carbonyl (C=O) groups excluding carboxylic acids is 1. The number of hydrogen-bond donors (Lipinski definition) is 1. The molecule has 1 atom stereocenters. The van der Waals surface area contributed by atoms with Crippen LogP contribution in [0.15, 0.2) is 11.4 Å². The first-order valence-electron chi connectivity index (χ1n) is 3.63. The lowest BCUT2D eigenvalue weighted by Gasteiger charge is -2.02. The Morgan fingerprint density at radius 1 is 1.73 bits per heavy atom. The zero-order valence-corrected chi connectivity index (χ0v) is 6.86. The Kier molecular flexibility index (Phi) is 1.55. The van der Waals surface area contributed by atoms with E-state index in [1.54, 1.807) is 0 Å². The van der Waals surface area contributed by atoms with Gasteiger partial charge in [0, 0.05) is 12.3 Å². The minimum absolute atomic E-state index is 0.269. The zero-order chi connectivity index (χ0) is 7.84. The molecule has 2 N–H and O–H groups in total. The fourth-order valence-electron chi connectivity index (χ4n) is 1.50. The Morgan fingerprint density at radius 2 is 2.55 bits per heavy atom. The molecule has 0 fully saturated rings. The van der Waals surface area contributed by atoms with Gasteiger partial charge in [-0.2, -0.15) is 0 Å². The number of carbonyl (C=O) groups is 1. The summed E-state index contributed by atoms with van der Waals surface area (Å²) in [4.78, 5) is 12.2. The summed E-state index contributed by atoms with van der Waals surface area (Å²) in [5.74, 6) is 0.564. The summed E-state index contributed by atoms with van der Waals surface area (Å²) in [6, 6.07) is 2.02. The Morgan fingerprint density at radius 3 is 3.27 bits per heavy atom. The molecule has 0 bridgehead atoms. The van der Waals surface area contributed by atoms with E-state index in [2.05, 4.69) is 0 Å². The van der Waals surface area contributed by atoms with Crippen LogP contribution in [-0.4, -0.2) is 12.3 Å². The van der Waals surface area contributed by atoms with Gasteiger partial charge in [-0.1, -0.05) is 0 Å². The molecule has 0 radical (unpaired) electrons. The summed E-state index contributed by atoms with van der Waals surface area (Å²) in [7, 11) is 0. The number of thiophene rings is 1. The smallest absolute Gasteiger partial charge is 0.173 e. The molecule has 11 heavy (non-hydrogen) atoms. The SMILES string of the molecule is NCC1CC(=O)c2sccc21. The average molecular weight is 167 g/mol. The third-order valence-electron chi connectivity index (χ3n) is 2.11. The van der Waals surface area contributed by atoms with Gasteiger partial charge in [-0.15, -0.1) is 11.3 Å². The van der Waals surface area contributed by atoms with Crippen LogP contribution in [0, 0.1) is 0 Å². The van der Waals surface area contributed by atoms with E-state index in [0.29, 0.717) is 18.9 Å². The van der Waals surface area contributed by atoms with Crippen molar-refractivity contribution in [2.75, 3.05) is 6.54 Å². The number of Topliss-reactive ketones (excluding diaryl/α,β-unsaturated/α-hetero) is 1. The quantitative estimate of drug-likeness (QED) is 0.686. The van der Waals surface area contributed by atoms with E-state index in [4.69, 9.17) is 5.73 Å². The zero-order valence-electron chi connectivity index (χ0n) is 6.04. The van der Waals surface area contributed by atoms with Gasteiger partial charge in [0.1, 0.15) is 0 Å². The first-order valence-corrected chi connectivity index (χ1v) is 4.51. The Labute approximate surface area is 69.0 Å². The molecule has 2 nitrogen and oxygen atoms in total. The largest absolute Gasteiger partial charge is 0.330 e. The molecule has 0 saturated heterocycles. The molecule has 1 aliphatic rings. The van der Waals surface area contributed by atoms with E-state index in [0.717, 1.165) is 4.88 Å². The second kappa shape index (κ2) is 2.43. The minimum Gasteiger partial charge on any atom is -0.330 e. The van der Waals surface area contributed by atoms with E-state index >= 15 is 0 Å². The third-order valence-corrected chi connectivity index (χ3v) is 3.08. The molecule has 0 saturated carbocycles. The molecule has 0 aliphatic heterocycles. The second-order valence-corrected chi connectivity index (χ2v) is 3.68. The van der Waals surface area contributed by atoms with Crippen molar-refractivity contribution < 1.29 is 4.79 Å². The van der Waals surface area contributed by atoms with Crippen LogP contribution in [0.5, 0.6) is 0 Å². The van der Waals surface area contributed by atoms with Crippen LogP contribution in [0.25, 0.3) is 0 Å². The Balaban J connectivity index is 2.45. The highest BCUT2D eigenvalue weighted by Gasteiger charge is 2.28. The maximum atomic E-state index is 11.3. The molecule has 3 heteroatoms. The number of rotatable bonds is 1. The summed E-state index contributed by atoms with van der Waals surface area (Å²) < 4.78 is 0. The minimum atomic E-state index is 0.269. The lowest BCUT2D eigenvalue weighted by Crippen LogP contribution is -2.09. The number of nitrogens with two attached hydrogens (primary N) is 1. The summed E-state index contributed by atoms with van der Waals surface area (Å²) in [6.45, 7) is 0.593. The van der Waals surface area contributed by atoms with Crippen molar-refractivity contribution >= 4 is 17.1 Å². The molecule has 1 aliphatic carbocycles. The maximum Gasteiger partial charge on any atom is 0.173 e. The van der Waals surface area contributed by atoms with Crippen molar-refractivity contribution in [1.29, 1.82) is 0 Å². The van der Waals surface area contributed by atoms with Gasteiger partial charge in [-0.05, 0) is 23.6 Å². The van der Waals surface area contributed by atoms with Gasteiger partial charge in [0.15, 0.2) is 5.78 Å². The highest BCUT2D eigenvalue weighted by molar-refractivity contribution is 7.12. The first kappa shape index (κ1) is 7.00. The number of hydrogen-bond acceptors (Lipinski definition) is 3. The average Bonchev–Trinajstić information content (AvgIpc) is 2.54. The first-order chi connectivity index (χ1) is 5.33. The molecular formula is C8H9NOS. The lowest BCUT2D eigenvalue weighted by atomic mass is 10.1.